The summed E-state index contributed by atoms with van der Waals surface area (Å²) in [5, 5.41) is 3.33. The number of halogens is 1. The Morgan fingerprint density at radius 1 is 1.05 bits per heavy atom. The van der Waals surface area contributed by atoms with Gasteiger partial charge in [0.25, 0.3) is 11.5 Å². The number of H-pyrrole nitrogens is 1. The van der Waals surface area contributed by atoms with Gasteiger partial charge in [0.15, 0.2) is 0 Å². The molecule has 1 heterocycles. The van der Waals surface area contributed by atoms with Gasteiger partial charge < -0.3 is 10.3 Å². The van der Waals surface area contributed by atoms with E-state index in [4.69, 9.17) is 0 Å². The van der Waals surface area contributed by atoms with Crippen molar-refractivity contribution < 1.29 is 9.18 Å². The molecule has 0 aliphatic rings. The minimum atomic E-state index is -0.534. The molecule has 0 bridgehead atoms. The van der Waals surface area contributed by atoms with Crippen molar-refractivity contribution in [3.05, 3.63) is 76.3 Å². The van der Waals surface area contributed by atoms with E-state index in [1.807, 2.05) is 6.07 Å². The monoisotopic (exact) mass is 282 g/mol. The van der Waals surface area contributed by atoms with Crippen LogP contribution >= 0.6 is 0 Å². The van der Waals surface area contributed by atoms with Gasteiger partial charge in [0, 0.05) is 11.2 Å². The van der Waals surface area contributed by atoms with E-state index in [-0.39, 0.29) is 5.56 Å². The number of pyridine rings is 1. The molecule has 1 aromatic heterocycles. The summed E-state index contributed by atoms with van der Waals surface area (Å²) in [6, 6.07) is 14.1. The van der Waals surface area contributed by atoms with Crippen LogP contribution in [0.2, 0.25) is 0 Å². The molecule has 0 fully saturated rings. The first kappa shape index (κ1) is 13.1. The predicted octanol–water partition coefficient (Wildman–Crippen LogP) is 2.92. The van der Waals surface area contributed by atoms with Crippen molar-refractivity contribution in [2.75, 3.05) is 5.32 Å². The first-order valence-corrected chi connectivity index (χ1v) is 6.32. The highest BCUT2D eigenvalue weighted by Crippen LogP contribution is 2.12. The largest absolute Gasteiger partial charge is 0.322 e. The molecule has 4 nitrogen and oxygen atoms in total. The number of rotatable bonds is 2. The van der Waals surface area contributed by atoms with Gasteiger partial charge in [-0.25, -0.2) is 4.39 Å². The Morgan fingerprint density at radius 2 is 1.76 bits per heavy atom. The summed E-state index contributed by atoms with van der Waals surface area (Å²) >= 11 is 0. The summed E-state index contributed by atoms with van der Waals surface area (Å²) in [6.45, 7) is 0. The molecule has 104 valence electrons. The fraction of sp³-hybridized carbons (Fsp3) is 0. The second-order valence-corrected chi connectivity index (χ2v) is 4.56. The van der Waals surface area contributed by atoms with E-state index in [2.05, 4.69) is 10.3 Å². The van der Waals surface area contributed by atoms with Crippen LogP contribution in [0, 0.1) is 5.82 Å². The number of carbonyl (C=O) groups excluding carboxylic acids is 1. The van der Waals surface area contributed by atoms with Gasteiger partial charge in [0.2, 0.25) is 0 Å². The standard InChI is InChI=1S/C16H11FN2O2/c17-11-5-7-12(8-6-11)18-15(20)13-9-10-3-1-2-4-14(10)19-16(13)21/h1-9H,(H,18,20)(H,19,21). The molecule has 0 radical (unpaired) electrons. The summed E-state index contributed by atoms with van der Waals surface area (Å²) in [7, 11) is 0. The molecule has 0 spiro atoms. The van der Waals surface area contributed by atoms with Gasteiger partial charge >= 0.3 is 0 Å². The van der Waals surface area contributed by atoms with Crippen LogP contribution in [-0.4, -0.2) is 10.9 Å². The molecule has 1 amide bonds. The molecule has 0 atom stereocenters. The van der Waals surface area contributed by atoms with E-state index in [0.717, 1.165) is 5.39 Å². The van der Waals surface area contributed by atoms with Gasteiger partial charge in [-0.05, 0) is 41.8 Å². The molecule has 0 unspecified atom stereocenters. The number of carbonyl (C=O) groups is 1. The maximum absolute atomic E-state index is 12.8. The Balaban J connectivity index is 1.95. The molecular weight excluding hydrogens is 271 g/mol. The molecule has 2 aromatic carbocycles. The zero-order chi connectivity index (χ0) is 14.8. The molecule has 3 rings (SSSR count). The molecule has 0 saturated carbocycles. The van der Waals surface area contributed by atoms with Gasteiger partial charge in [-0.1, -0.05) is 18.2 Å². The highest BCUT2D eigenvalue weighted by atomic mass is 19.1. The van der Waals surface area contributed by atoms with Crippen molar-refractivity contribution >= 4 is 22.5 Å². The van der Waals surface area contributed by atoms with Crippen LogP contribution in [0.3, 0.4) is 0 Å². The summed E-state index contributed by atoms with van der Waals surface area (Å²) in [5.41, 5.74) is 0.640. The van der Waals surface area contributed by atoms with Crippen LogP contribution in [0.4, 0.5) is 10.1 Å². The van der Waals surface area contributed by atoms with E-state index in [1.165, 1.54) is 30.3 Å². The number of hydrogen-bond donors (Lipinski definition) is 2. The second-order valence-electron chi connectivity index (χ2n) is 4.56. The average molecular weight is 282 g/mol. The third kappa shape index (κ3) is 2.67. The maximum atomic E-state index is 12.8. The smallest absolute Gasteiger partial charge is 0.261 e. The lowest BCUT2D eigenvalue weighted by molar-refractivity contribution is 0.102. The molecular formula is C16H11FN2O2. The fourth-order valence-corrected chi connectivity index (χ4v) is 2.05. The van der Waals surface area contributed by atoms with E-state index in [1.54, 1.807) is 18.2 Å². The molecule has 5 heteroatoms. The van der Waals surface area contributed by atoms with Crippen molar-refractivity contribution in [3.8, 4) is 0 Å². The number of hydrogen-bond acceptors (Lipinski definition) is 2. The van der Waals surface area contributed by atoms with Crippen molar-refractivity contribution in [1.29, 1.82) is 0 Å². The fourth-order valence-electron chi connectivity index (χ4n) is 2.05. The van der Waals surface area contributed by atoms with E-state index >= 15 is 0 Å². The maximum Gasteiger partial charge on any atom is 0.261 e. The van der Waals surface area contributed by atoms with Gasteiger partial charge in [-0.3, -0.25) is 9.59 Å². The molecule has 21 heavy (non-hydrogen) atoms. The molecule has 2 N–H and O–H groups in total. The zero-order valence-electron chi connectivity index (χ0n) is 10.9. The normalized spacial score (nSPS) is 10.5. The predicted molar refractivity (Wildman–Crippen MR) is 78.9 cm³/mol. The van der Waals surface area contributed by atoms with Crippen LogP contribution in [0.25, 0.3) is 10.9 Å². The Bertz CT molecular complexity index is 869. The van der Waals surface area contributed by atoms with E-state index in [0.29, 0.717) is 11.2 Å². The Labute approximate surface area is 119 Å². The zero-order valence-corrected chi connectivity index (χ0v) is 10.9. The topological polar surface area (TPSA) is 62.0 Å². The Kier molecular flexibility index (Phi) is 3.23. The van der Waals surface area contributed by atoms with Gasteiger partial charge in [0.05, 0.1) is 0 Å². The third-order valence-corrected chi connectivity index (χ3v) is 3.10. The quantitative estimate of drug-likeness (QED) is 0.759. The Morgan fingerprint density at radius 3 is 2.52 bits per heavy atom. The van der Waals surface area contributed by atoms with Crippen molar-refractivity contribution in [2.45, 2.75) is 0 Å². The van der Waals surface area contributed by atoms with Gasteiger partial charge in [-0.15, -0.1) is 0 Å². The van der Waals surface area contributed by atoms with E-state index < -0.39 is 17.3 Å². The lowest BCUT2D eigenvalue weighted by Gasteiger charge is -2.05. The number of benzene rings is 2. The molecule has 0 aliphatic carbocycles. The molecule has 0 aliphatic heterocycles. The van der Waals surface area contributed by atoms with E-state index in [9.17, 15) is 14.0 Å². The van der Waals surface area contributed by atoms with Crippen LogP contribution in [-0.2, 0) is 0 Å². The van der Waals surface area contributed by atoms with Crippen LogP contribution in [0.1, 0.15) is 10.4 Å². The van der Waals surface area contributed by atoms with Gasteiger partial charge in [0.1, 0.15) is 11.4 Å². The molecule has 3 aromatic rings. The summed E-state index contributed by atoms with van der Waals surface area (Å²) < 4.78 is 12.8. The summed E-state index contributed by atoms with van der Waals surface area (Å²) in [5.74, 6) is -0.926. The minimum absolute atomic E-state index is 0.0121. The number of anilines is 1. The first-order valence-electron chi connectivity index (χ1n) is 6.32. The third-order valence-electron chi connectivity index (χ3n) is 3.10. The summed E-state index contributed by atoms with van der Waals surface area (Å²) in [6.07, 6.45) is 0. The highest BCUT2D eigenvalue weighted by molar-refractivity contribution is 6.05. The summed E-state index contributed by atoms with van der Waals surface area (Å²) in [4.78, 5) is 26.7. The highest BCUT2D eigenvalue weighted by Gasteiger charge is 2.12. The number of aromatic nitrogens is 1. The van der Waals surface area contributed by atoms with Crippen LogP contribution in [0.5, 0.6) is 0 Å². The van der Waals surface area contributed by atoms with Crippen molar-refractivity contribution in [1.82, 2.24) is 4.98 Å². The number of nitrogens with one attached hydrogen (secondary N) is 2. The van der Waals surface area contributed by atoms with Crippen molar-refractivity contribution in [3.63, 3.8) is 0 Å². The SMILES string of the molecule is O=C(Nc1ccc(F)cc1)c1cc2ccccc2[nH]c1=O. The number of para-hydroxylation sites is 1. The minimum Gasteiger partial charge on any atom is -0.322 e. The number of aromatic amines is 1. The van der Waals surface area contributed by atoms with Crippen LogP contribution in [0.15, 0.2) is 59.4 Å². The Hall–Kier alpha value is -2.95. The lowest BCUT2D eigenvalue weighted by atomic mass is 10.1. The number of fused-ring (bicyclic) bond motifs is 1. The molecule has 0 saturated heterocycles. The number of amides is 1. The first-order chi connectivity index (χ1) is 10.1. The van der Waals surface area contributed by atoms with Crippen LogP contribution < -0.4 is 10.9 Å². The van der Waals surface area contributed by atoms with Gasteiger partial charge in [-0.2, -0.15) is 0 Å². The lowest BCUT2D eigenvalue weighted by Crippen LogP contribution is -2.23. The average Bonchev–Trinajstić information content (AvgIpc) is 2.49. The van der Waals surface area contributed by atoms with Crippen molar-refractivity contribution in [2.24, 2.45) is 0 Å². The second kappa shape index (κ2) is 5.20.